The first-order valence-corrected chi connectivity index (χ1v) is 9.12. The predicted octanol–water partition coefficient (Wildman–Crippen LogP) is 5.66. The van der Waals surface area contributed by atoms with E-state index >= 15 is 0 Å². The normalized spacial score (nSPS) is 17.1. The van der Waals surface area contributed by atoms with Crippen LogP contribution in [0.4, 0.5) is 24.5 Å². The molecule has 2 aromatic rings. The molecule has 0 bridgehead atoms. The van der Waals surface area contributed by atoms with Crippen LogP contribution >= 0.6 is 34.8 Å². The van der Waals surface area contributed by atoms with E-state index in [-0.39, 0.29) is 29.6 Å². The molecule has 1 N–H and O–H groups in total. The molecule has 1 aliphatic rings. The van der Waals surface area contributed by atoms with Crippen LogP contribution in [-0.4, -0.2) is 18.4 Å². The van der Waals surface area contributed by atoms with Crippen LogP contribution in [0.5, 0.6) is 0 Å². The van der Waals surface area contributed by atoms with E-state index in [2.05, 4.69) is 5.32 Å². The van der Waals surface area contributed by atoms with Crippen LogP contribution in [0.3, 0.4) is 0 Å². The largest absolute Gasteiger partial charge is 0.416 e. The van der Waals surface area contributed by atoms with Crippen molar-refractivity contribution in [1.82, 2.24) is 0 Å². The minimum absolute atomic E-state index is 0.0152. The topological polar surface area (TPSA) is 49.4 Å². The Bertz CT molecular complexity index is 950. The average molecular weight is 452 g/mol. The Balaban J connectivity index is 1.78. The molecule has 0 unspecified atom stereocenters. The Hall–Kier alpha value is -1.96. The molecule has 0 spiro atoms. The Morgan fingerprint density at radius 3 is 2.43 bits per heavy atom. The minimum Gasteiger partial charge on any atom is -0.324 e. The number of hydrogen-bond donors (Lipinski definition) is 1. The monoisotopic (exact) mass is 450 g/mol. The van der Waals surface area contributed by atoms with Gasteiger partial charge in [0.1, 0.15) is 0 Å². The molecule has 148 valence electrons. The summed E-state index contributed by atoms with van der Waals surface area (Å²) in [4.78, 5) is 26.2. The maximum Gasteiger partial charge on any atom is 0.416 e. The fourth-order valence-corrected chi connectivity index (χ4v) is 3.39. The number of carbonyl (C=O) groups excluding carboxylic acids is 2. The summed E-state index contributed by atoms with van der Waals surface area (Å²) in [6, 6.07) is 7.22. The van der Waals surface area contributed by atoms with Crippen molar-refractivity contribution >= 4 is 58.0 Å². The molecule has 28 heavy (non-hydrogen) atoms. The van der Waals surface area contributed by atoms with Gasteiger partial charge in [0.05, 0.1) is 32.9 Å². The third-order valence-corrected chi connectivity index (χ3v) is 5.13. The molecular formula is C18H12Cl3F3N2O2. The summed E-state index contributed by atoms with van der Waals surface area (Å²) in [5.74, 6) is -1.75. The first kappa shape index (κ1) is 20.8. The SMILES string of the molecule is O=C(Nc1cc(C(F)(F)F)ccc1Cl)[C@@H]1CC(=O)N(c2cc(Cl)ccc2Cl)C1. The van der Waals surface area contributed by atoms with E-state index in [1.54, 1.807) is 6.07 Å². The van der Waals surface area contributed by atoms with Crippen LogP contribution < -0.4 is 10.2 Å². The van der Waals surface area contributed by atoms with Crippen molar-refractivity contribution in [3.8, 4) is 0 Å². The quantitative estimate of drug-likeness (QED) is 0.655. The Morgan fingerprint density at radius 2 is 1.75 bits per heavy atom. The lowest BCUT2D eigenvalue weighted by Crippen LogP contribution is -2.28. The van der Waals surface area contributed by atoms with Crippen molar-refractivity contribution in [2.45, 2.75) is 12.6 Å². The maximum absolute atomic E-state index is 12.9. The van der Waals surface area contributed by atoms with Gasteiger partial charge in [-0.2, -0.15) is 13.2 Å². The van der Waals surface area contributed by atoms with Crippen LogP contribution in [0, 0.1) is 5.92 Å². The molecule has 0 aliphatic carbocycles. The molecule has 2 aromatic carbocycles. The molecule has 0 aromatic heterocycles. The highest BCUT2D eigenvalue weighted by molar-refractivity contribution is 6.36. The second kappa shape index (κ2) is 7.81. The van der Waals surface area contributed by atoms with Crippen LogP contribution in [0.25, 0.3) is 0 Å². The highest BCUT2D eigenvalue weighted by Gasteiger charge is 2.37. The van der Waals surface area contributed by atoms with Gasteiger partial charge in [-0.1, -0.05) is 34.8 Å². The highest BCUT2D eigenvalue weighted by atomic mass is 35.5. The lowest BCUT2D eigenvalue weighted by atomic mass is 10.1. The van der Waals surface area contributed by atoms with E-state index in [0.29, 0.717) is 15.7 Å². The molecule has 0 radical (unpaired) electrons. The molecule has 2 amide bonds. The second-order valence-corrected chi connectivity index (χ2v) is 7.43. The number of nitrogens with one attached hydrogen (secondary N) is 1. The summed E-state index contributed by atoms with van der Waals surface area (Å²) in [5, 5.41) is 3.00. The number of carbonyl (C=O) groups is 2. The Morgan fingerprint density at radius 1 is 1.07 bits per heavy atom. The predicted molar refractivity (Wildman–Crippen MR) is 102 cm³/mol. The van der Waals surface area contributed by atoms with Crippen molar-refractivity contribution in [2.75, 3.05) is 16.8 Å². The van der Waals surface area contributed by atoms with Gasteiger partial charge in [0.2, 0.25) is 11.8 Å². The van der Waals surface area contributed by atoms with Gasteiger partial charge in [0, 0.05) is 18.0 Å². The van der Waals surface area contributed by atoms with Crippen LogP contribution in [0.1, 0.15) is 12.0 Å². The zero-order chi connectivity index (χ0) is 20.6. The summed E-state index contributed by atoms with van der Waals surface area (Å²) in [6.45, 7) is 0.0152. The van der Waals surface area contributed by atoms with E-state index < -0.39 is 23.6 Å². The number of nitrogens with zero attached hydrogens (tertiary/aromatic N) is 1. The van der Waals surface area contributed by atoms with Crippen molar-refractivity contribution in [2.24, 2.45) is 5.92 Å². The summed E-state index contributed by atoms with van der Waals surface area (Å²) < 4.78 is 38.6. The number of halogens is 6. The zero-order valence-electron chi connectivity index (χ0n) is 14.0. The second-order valence-electron chi connectivity index (χ2n) is 6.18. The number of hydrogen-bond acceptors (Lipinski definition) is 2. The van der Waals surface area contributed by atoms with E-state index in [1.165, 1.54) is 17.0 Å². The molecule has 0 saturated carbocycles. The van der Waals surface area contributed by atoms with Gasteiger partial charge >= 0.3 is 6.18 Å². The lowest BCUT2D eigenvalue weighted by molar-refractivity contribution is -0.137. The summed E-state index contributed by atoms with van der Waals surface area (Å²) in [5.41, 5.74) is -0.748. The van der Waals surface area contributed by atoms with Gasteiger partial charge < -0.3 is 10.2 Å². The number of amides is 2. The molecule has 10 heteroatoms. The van der Waals surface area contributed by atoms with Crippen molar-refractivity contribution < 1.29 is 22.8 Å². The molecule has 1 aliphatic heterocycles. The molecule has 1 fully saturated rings. The fraction of sp³-hybridized carbons (Fsp3) is 0.222. The van der Waals surface area contributed by atoms with Gasteiger partial charge in [-0.3, -0.25) is 9.59 Å². The van der Waals surface area contributed by atoms with E-state index in [9.17, 15) is 22.8 Å². The van der Waals surface area contributed by atoms with E-state index in [0.717, 1.165) is 18.2 Å². The highest BCUT2D eigenvalue weighted by Crippen LogP contribution is 2.36. The zero-order valence-corrected chi connectivity index (χ0v) is 16.3. The maximum atomic E-state index is 12.9. The Kier molecular flexibility index (Phi) is 5.79. The summed E-state index contributed by atoms with van der Waals surface area (Å²) in [7, 11) is 0. The van der Waals surface area contributed by atoms with Gasteiger partial charge in [-0.05, 0) is 36.4 Å². The molecule has 1 atom stereocenters. The lowest BCUT2D eigenvalue weighted by Gasteiger charge is -2.18. The van der Waals surface area contributed by atoms with Crippen LogP contribution in [0.15, 0.2) is 36.4 Å². The van der Waals surface area contributed by atoms with Gasteiger partial charge in [0.25, 0.3) is 0 Å². The first-order valence-electron chi connectivity index (χ1n) is 7.99. The number of benzene rings is 2. The number of anilines is 2. The van der Waals surface area contributed by atoms with Gasteiger partial charge in [0.15, 0.2) is 0 Å². The smallest absolute Gasteiger partial charge is 0.324 e. The fourth-order valence-electron chi connectivity index (χ4n) is 2.84. The molecule has 1 heterocycles. The minimum atomic E-state index is -4.58. The average Bonchev–Trinajstić information content (AvgIpc) is 2.99. The summed E-state index contributed by atoms with van der Waals surface area (Å²) in [6.07, 6.45) is -4.70. The first-order chi connectivity index (χ1) is 13.1. The summed E-state index contributed by atoms with van der Waals surface area (Å²) >= 11 is 17.9. The third-order valence-electron chi connectivity index (χ3n) is 4.25. The van der Waals surface area contributed by atoms with Gasteiger partial charge in [-0.25, -0.2) is 0 Å². The standard InChI is InChI=1S/C18H12Cl3F3N2O2/c19-11-2-4-13(21)15(7-11)26-8-9(5-16(26)27)17(28)25-14-6-10(18(22,23)24)1-3-12(14)20/h1-4,6-7,9H,5,8H2,(H,25,28)/t9-/m1/s1. The third kappa shape index (κ3) is 4.37. The molecule has 4 nitrogen and oxygen atoms in total. The number of rotatable bonds is 3. The molecular weight excluding hydrogens is 440 g/mol. The van der Waals surface area contributed by atoms with Crippen molar-refractivity contribution in [3.05, 3.63) is 57.0 Å². The Labute approximate surface area is 173 Å². The van der Waals surface area contributed by atoms with Crippen molar-refractivity contribution in [1.29, 1.82) is 0 Å². The van der Waals surface area contributed by atoms with Gasteiger partial charge in [-0.15, -0.1) is 0 Å². The van der Waals surface area contributed by atoms with Crippen molar-refractivity contribution in [3.63, 3.8) is 0 Å². The van der Waals surface area contributed by atoms with E-state index in [4.69, 9.17) is 34.8 Å². The number of alkyl halides is 3. The molecule has 1 saturated heterocycles. The molecule has 3 rings (SSSR count). The van der Waals surface area contributed by atoms with Crippen LogP contribution in [-0.2, 0) is 15.8 Å². The van der Waals surface area contributed by atoms with E-state index in [1.807, 2.05) is 0 Å². The van der Waals surface area contributed by atoms with Crippen LogP contribution in [0.2, 0.25) is 15.1 Å².